The second-order valence-electron chi connectivity index (χ2n) is 4.00. The number of hydrogen-bond donors (Lipinski definition) is 3. The summed E-state index contributed by atoms with van der Waals surface area (Å²) in [4.78, 5) is 2.90. The Morgan fingerprint density at radius 3 is 2.71 bits per heavy atom. The van der Waals surface area contributed by atoms with E-state index in [4.69, 9.17) is 11.1 Å². The Bertz CT molecular complexity index is 407. The summed E-state index contributed by atoms with van der Waals surface area (Å²) < 4.78 is 0. The van der Waals surface area contributed by atoms with Gasteiger partial charge in [0.05, 0.1) is 11.7 Å². The van der Waals surface area contributed by atoms with Crippen LogP contribution in [0.1, 0.15) is 12.5 Å². The van der Waals surface area contributed by atoms with E-state index >= 15 is 0 Å². The lowest BCUT2D eigenvalue weighted by Gasteiger charge is -2.24. The number of rotatable bonds is 5. The highest BCUT2D eigenvalue weighted by Gasteiger charge is 2.14. The highest BCUT2D eigenvalue weighted by atomic mass is 32.2. The topological polar surface area (TPSA) is 73.3 Å². The minimum atomic E-state index is -0.419. The second-order valence-corrected chi connectivity index (χ2v) is 4.85. The zero-order chi connectivity index (χ0) is 13.0. The van der Waals surface area contributed by atoms with Crippen LogP contribution in [0.25, 0.3) is 0 Å². The molecule has 0 aromatic heterocycles. The Labute approximate surface area is 106 Å². The summed E-state index contributed by atoms with van der Waals surface area (Å²) in [5.41, 5.74) is 7.26. The van der Waals surface area contributed by atoms with Crippen LogP contribution in [0.5, 0.6) is 0 Å². The Morgan fingerprint density at radius 1 is 1.59 bits per heavy atom. The predicted molar refractivity (Wildman–Crippen MR) is 74.2 cm³/mol. The lowest BCUT2D eigenvalue weighted by atomic mass is 10.1. The molecule has 5 heteroatoms. The molecule has 1 aromatic rings. The molecule has 1 rings (SSSR count). The number of benzene rings is 1. The van der Waals surface area contributed by atoms with Gasteiger partial charge in [0.2, 0.25) is 0 Å². The van der Waals surface area contributed by atoms with Crippen LogP contribution >= 0.6 is 11.8 Å². The van der Waals surface area contributed by atoms with E-state index in [9.17, 15) is 5.11 Å². The van der Waals surface area contributed by atoms with E-state index in [1.807, 2.05) is 36.4 Å². The van der Waals surface area contributed by atoms with Crippen molar-refractivity contribution in [2.45, 2.75) is 17.9 Å². The number of likely N-dealkylation sites (N-methyl/N-ethyl adjacent to an activating group) is 1. The molecule has 1 aromatic carbocycles. The van der Waals surface area contributed by atoms with Gasteiger partial charge in [-0.2, -0.15) is 0 Å². The highest BCUT2D eigenvalue weighted by molar-refractivity contribution is 7.98. The quantitative estimate of drug-likeness (QED) is 0.422. The van der Waals surface area contributed by atoms with Crippen LogP contribution in [0.15, 0.2) is 23.1 Å². The maximum Gasteiger partial charge on any atom is 0.126 e. The van der Waals surface area contributed by atoms with Crippen LogP contribution in [0, 0.1) is 5.41 Å². The molecule has 1 unspecified atom stereocenters. The molecule has 4 N–H and O–H groups in total. The molecule has 0 amide bonds. The largest absolute Gasteiger partial charge is 0.392 e. The molecule has 0 aliphatic rings. The smallest absolute Gasteiger partial charge is 0.126 e. The van der Waals surface area contributed by atoms with E-state index in [-0.39, 0.29) is 5.84 Å². The van der Waals surface area contributed by atoms with Gasteiger partial charge in [0.25, 0.3) is 0 Å². The molecule has 0 fully saturated rings. The lowest BCUT2D eigenvalue weighted by molar-refractivity contribution is 0.201. The maximum absolute atomic E-state index is 9.41. The first-order chi connectivity index (χ1) is 7.97. The zero-order valence-corrected chi connectivity index (χ0v) is 11.2. The van der Waals surface area contributed by atoms with E-state index in [1.165, 1.54) is 0 Å². The number of nitrogens with zero attached hydrogens (tertiary/aromatic N) is 1. The van der Waals surface area contributed by atoms with Crippen LogP contribution in [0.4, 0.5) is 5.69 Å². The van der Waals surface area contributed by atoms with E-state index in [2.05, 4.69) is 0 Å². The molecule has 17 heavy (non-hydrogen) atoms. The number of aliphatic hydroxyl groups excluding tert-OH is 1. The molecule has 4 nitrogen and oxygen atoms in total. The van der Waals surface area contributed by atoms with Gasteiger partial charge in [-0.25, -0.2) is 0 Å². The molecule has 0 radical (unpaired) electrons. The molecule has 94 valence electrons. The van der Waals surface area contributed by atoms with Crippen molar-refractivity contribution in [3.63, 3.8) is 0 Å². The molecule has 0 aliphatic carbocycles. The first-order valence-corrected chi connectivity index (χ1v) is 6.60. The van der Waals surface area contributed by atoms with Gasteiger partial charge in [-0.05, 0) is 25.3 Å². The SMILES string of the molecule is CSc1cccc(N(C)CC(C)O)c1C(=N)N. The number of nitrogens with one attached hydrogen (secondary N) is 1. The van der Waals surface area contributed by atoms with Crippen LogP contribution in [-0.4, -0.2) is 36.9 Å². The van der Waals surface area contributed by atoms with Crippen molar-refractivity contribution < 1.29 is 5.11 Å². The van der Waals surface area contributed by atoms with Gasteiger partial charge in [-0.3, -0.25) is 5.41 Å². The van der Waals surface area contributed by atoms with Gasteiger partial charge in [-0.1, -0.05) is 6.07 Å². The molecule has 0 saturated carbocycles. The van der Waals surface area contributed by atoms with Crippen molar-refractivity contribution in [1.29, 1.82) is 5.41 Å². The van der Waals surface area contributed by atoms with Gasteiger partial charge in [-0.15, -0.1) is 11.8 Å². The van der Waals surface area contributed by atoms with Gasteiger partial charge >= 0.3 is 0 Å². The summed E-state index contributed by atoms with van der Waals surface area (Å²) in [7, 11) is 1.89. The molecule has 0 aliphatic heterocycles. The van der Waals surface area contributed by atoms with Crippen LogP contribution in [0.3, 0.4) is 0 Å². The van der Waals surface area contributed by atoms with Gasteiger partial charge in [0, 0.05) is 24.2 Å². The fourth-order valence-electron chi connectivity index (χ4n) is 1.77. The first kappa shape index (κ1) is 13.9. The van der Waals surface area contributed by atoms with Crippen molar-refractivity contribution in [2.24, 2.45) is 5.73 Å². The summed E-state index contributed by atoms with van der Waals surface area (Å²) in [5, 5.41) is 17.1. The molecular weight excluding hydrogens is 234 g/mol. The third-order valence-electron chi connectivity index (χ3n) is 2.44. The van der Waals surface area contributed by atoms with E-state index < -0.39 is 6.10 Å². The molecule has 1 atom stereocenters. The van der Waals surface area contributed by atoms with Crippen molar-refractivity contribution in [3.05, 3.63) is 23.8 Å². The third-order valence-corrected chi connectivity index (χ3v) is 3.22. The maximum atomic E-state index is 9.41. The third kappa shape index (κ3) is 3.38. The summed E-state index contributed by atoms with van der Waals surface area (Å²) in [6, 6.07) is 5.80. The summed E-state index contributed by atoms with van der Waals surface area (Å²) in [5.74, 6) is 0.0578. The summed E-state index contributed by atoms with van der Waals surface area (Å²) in [6.07, 6.45) is 1.54. The van der Waals surface area contributed by atoms with Crippen LogP contribution in [-0.2, 0) is 0 Å². The van der Waals surface area contributed by atoms with E-state index in [0.717, 1.165) is 16.1 Å². The normalized spacial score (nSPS) is 12.2. The molecule has 0 bridgehead atoms. The van der Waals surface area contributed by atoms with Crippen molar-refractivity contribution in [1.82, 2.24) is 0 Å². The Kier molecular flexibility index (Phi) is 4.84. The van der Waals surface area contributed by atoms with Crippen molar-refractivity contribution >= 4 is 23.3 Å². The average molecular weight is 253 g/mol. The lowest BCUT2D eigenvalue weighted by Crippen LogP contribution is -2.29. The molecule has 0 heterocycles. The van der Waals surface area contributed by atoms with Crippen molar-refractivity contribution in [3.8, 4) is 0 Å². The summed E-state index contributed by atoms with van der Waals surface area (Å²) >= 11 is 1.56. The van der Waals surface area contributed by atoms with E-state index in [1.54, 1.807) is 18.7 Å². The first-order valence-electron chi connectivity index (χ1n) is 5.38. The molecule has 0 spiro atoms. The van der Waals surface area contributed by atoms with Gasteiger partial charge < -0.3 is 15.7 Å². The Hall–Kier alpha value is -1.20. The van der Waals surface area contributed by atoms with Crippen LogP contribution in [0.2, 0.25) is 0 Å². The number of anilines is 1. The minimum absolute atomic E-state index is 0.0578. The van der Waals surface area contributed by atoms with Crippen molar-refractivity contribution in [2.75, 3.05) is 24.7 Å². The number of nitrogens with two attached hydrogens (primary N) is 1. The standard InChI is InChI=1S/C12H19N3OS/c1-8(16)7-15(2)9-5-4-6-10(17-3)11(9)12(13)14/h4-6,8,16H,7H2,1-3H3,(H3,13,14). The van der Waals surface area contributed by atoms with Crippen LogP contribution < -0.4 is 10.6 Å². The number of aliphatic hydroxyl groups is 1. The summed E-state index contributed by atoms with van der Waals surface area (Å²) in [6.45, 7) is 2.25. The Balaban J connectivity index is 3.18. The number of thioether (sulfide) groups is 1. The van der Waals surface area contributed by atoms with Gasteiger partial charge in [0.15, 0.2) is 0 Å². The predicted octanol–water partition coefficient (Wildman–Crippen LogP) is 1.51. The van der Waals surface area contributed by atoms with Gasteiger partial charge in [0.1, 0.15) is 5.84 Å². The Morgan fingerprint density at radius 2 is 2.24 bits per heavy atom. The minimum Gasteiger partial charge on any atom is -0.392 e. The zero-order valence-electron chi connectivity index (χ0n) is 10.4. The highest BCUT2D eigenvalue weighted by Crippen LogP contribution is 2.28. The average Bonchev–Trinajstić information content (AvgIpc) is 2.26. The number of nitrogen functional groups attached to an aromatic ring is 1. The fourth-order valence-corrected chi connectivity index (χ4v) is 2.41. The number of hydrogen-bond acceptors (Lipinski definition) is 4. The number of amidine groups is 1. The van der Waals surface area contributed by atoms with E-state index in [0.29, 0.717) is 6.54 Å². The molecule has 0 saturated heterocycles. The fraction of sp³-hybridized carbons (Fsp3) is 0.417. The molecular formula is C12H19N3OS. The monoisotopic (exact) mass is 253 g/mol. The second kappa shape index (κ2) is 5.93.